The third-order valence-electron chi connectivity index (χ3n) is 2.29. The molecule has 0 bridgehead atoms. The zero-order valence-electron chi connectivity index (χ0n) is 8.31. The van der Waals surface area contributed by atoms with Crippen molar-refractivity contribution in [3.8, 4) is 10.6 Å². The van der Waals surface area contributed by atoms with E-state index in [2.05, 4.69) is 28.4 Å². The van der Waals surface area contributed by atoms with Gasteiger partial charge in [-0.3, -0.25) is 5.10 Å². The van der Waals surface area contributed by atoms with Crippen molar-refractivity contribution in [3.63, 3.8) is 0 Å². The van der Waals surface area contributed by atoms with Crippen LogP contribution in [0.1, 0.15) is 0 Å². The highest BCUT2D eigenvalue weighted by molar-refractivity contribution is 7.22. The molecule has 0 aliphatic heterocycles. The summed E-state index contributed by atoms with van der Waals surface area (Å²) in [7, 11) is 0. The SMILES string of the molecule is Cl.Nc1cc(-c2cc3ccccc3s2)[nH]n1. The first-order chi connectivity index (χ1) is 7.33. The summed E-state index contributed by atoms with van der Waals surface area (Å²) in [6, 6.07) is 12.3. The Morgan fingerprint density at radius 2 is 2.00 bits per heavy atom. The Hall–Kier alpha value is -1.52. The van der Waals surface area contributed by atoms with Crippen LogP contribution in [-0.2, 0) is 0 Å². The second-order valence-electron chi connectivity index (χ2n) is 3.35. The average Bonchev–Trinajstić information content (AvgIpc) is 2.82. The van der Waals surface area contributed by atoms with Gasteiger partial charge >= 0.3 is 0 Å². The third-order valence-corrected chi connectivity index (χ3v) is 3.44. The molecule has 3 N–H and O–H groups in total. The van der Waals surface area contributed by atoms with Crippen molar-refractivity contribution in [2.45, 2.75) is 0 Å². The first kappa shape index (κ1) is 11.0. The number of halogens is 1. The van der Waals surface area contributed by atoms with E-state index in [4.69, 9.17) is 5.73 Å². The van der Waals surface area contributed by atoms with Crippen molar-refractivity contribution in [2.75, 3.05) is 5.73 Å². The largest absolute Gasteiger partial charge is 0.382 e. The lowest BCUT2D eigenvalue weighted by Gasteiger charge is -1.85. The van der Waals surface area contributed by atoms with Crippen LogP contribution in [0.2, 0.25) is 0 Å². The summed E-state index contributed by atoms with van der Waals surface area (Å²) in [5, 5.41) is 8.10. The first-order valence-electron chi connectivity index (χ1n) is 4.63. The third kappa shape index (κ3) is 1.77. The molecule has 0 saturated carbocycles. The zero-order valence-corrected chi connectivity index (χ0v) is 9.94. The van der Waals surface area contributed by atoms with Gasteiger partial charge in [0, 0.05) is 10.8 Å². The molecule has 0 radical (unpaired) electrons. The summed E-state index contributed by atoms with van der Waals surface area (Å²) in [6.45, 7) is 0. The molecule has 3 nitrogen and oxygen atoms in total. The molecule has 16 heavy (non-hydrogen) atoms. The van der Waals surface area contributed by atoms with Gasteiger partial charge in [0.15, 0.2) is 0 Å². The number of nitrogen functional groups attached to an aromatic ring is 1. The standard InChI is InChI=1S/C11H9N3S.ClH/c12-11-6-8(13-14-11)10-5-7-3-1-2-4-9(7)15-10;/h1-6H,(H3,12,13,14);1H. The number of nitrogens with two attached hydrogens (primary N) is 1. The molecule has 0 spiro atoms. The minimum atomic E-state index is 0. The lowest BCUT2D eigenvalue weighted by molar-refractivity contribution is 1.11. The molecule has 82 valence electrons. The molecular weight excluding hydrogens is 242 g/mol. The Kier molecular flexibility index (Phi) is 2.85. The van der Waals surface area contributed by atoms with Crippen molar-refractivity contribution >= 4 is 39.6 Å². The van der Waals surface area contributed by atoms with Crippen molar-refractivity contribution in [3.05, 3.63) is 36.4 Å². The predicted molar refractivity (Wildman–Crippen MR) is 71.1 cm³/mol. The number of thiophene rings is 1. The molecule has 2 heterocycles. The van der Waals surface area contributed by atoms with Crippen LogP contribution in [0.25, 0.3) is 20.7 Å². The Morgan fingerprint density at radius 3 is 2.69 bits per heavy atom. The molecule has 0 unspecified atom stereocenters. The van der Waals surface area contributed by atoms with E-state index >= 15 is 0 Å². The fourth-order valence-electron chi connectivity index (χ4n) is 1.58. The van der Waals surface area contributed by atoms with E-state index in [9.17, 15) is 0 Å². The van der Waals surface area contributed by atoms with E-state index in [1.54, 1.807) is 11.3 Å². The summed E-state index contributed by atoms with van der Waals surface area (Å²) in [4.78, 5) is 1.17. The Labute approximate surface area is 103 Å². The van der Waals surface area contributed by atoms with Gasteiger partial charge in [-0.25, -0.2) is 0 Å². The zero-order chi connectivity index (χ0) is 10.3. The summed E-state index contributed by atoms with van der Waals surface area (Å²) in [6.07, 6.45) is 0. The first-order valence-corrected chi connectivity index (χ1v) is 5.44. The highest BCUT2D eigenvalue weighted by atomic mass is 35.5. The van der Waals surface area contributed by atoms with E-state index < -0.39 is 0 Å². The topological polar surface area (TPSA) is 54.7 Å². The van der Waals surface area contributed by atoms with Crippen molar-refractivity contribution in [1.29, 1.82) is 0 Å². The molecule has 0 saturated heterocycles. The number of H-pyrrole nitrogens is 1. The summed E-state index contributed by atoms with van der Waals surface area (Å²) < 4.78 is 1.28. The van der Waals surface area contributed by atoms with Crippen LogP contribution in [0, 0.1) is 0 Å². The Balaban J connectivity index is 0.000000963. The number of anilines is 1. The maximum absolute atomic E-state index is 5.57. The van der Waals surface area contributed by atoms with Crippen LogP contribution >= 0.6 is 23.7 Å². The molecule has 3 rings (SSSR count). The Morgan fingerprint density at radius 1 is 1.19 bits per heavy atom. The maximum atomic E-state index is 5.57. The van der Waals surface area contributed by atoms with Crippen LogP contribution in [0.4, 0.5) is 5.82 Å². The van der Waals surface area contributed by atoms with E-state index in [0.717, 1.165) is 5.69 Å². The molecule has 0 amide bonds. The number of hydrogen-bond donors (Lipinski definition) is 2. The molecular formula is C11H10ClN3S. The van der Waals surface area contributed by atoms with Gasteiger partial charge in [-0.2, -0.15) is 5.10 Å². The highest BCUT2D eigenvalue weighted by Gasteiger charge is 2.05. The van der Waals surface area contributed by atoms with Crippen LogP contribution in [0.5, 0.6) is 0 Å². The summed E-state index contributed by atoms with van der Waals surface area (Å²) in [5.41, 5.74) is 6.55. The lowest BCUT2D eigenvalue weighted by Crippen LogP contribution is -1.81. The second kappa shape index (κ2) is 4.15. The van der Waals surface area contributed by atoms with Crippen LogP contribution in [0.3, 0.4) is 0 Å². The van der Waals surface area contributed by atoms with Gasteiger partial charge in [0.25, 0.3) is 0 Å². The van der Waals surface area contributed by atoms with E-state index in [-0.39, 0.29) is 12.4 Å². The van der Waals surface area contributed by atoms with Gasteiger partial charge in [0.1, 0.15) is 5.82 Å². The summed E-state index contributed by atoms with van der Waals surface area (Å²) >= 11 is 1.74. The van der Waals surface area contributed by atoms with Crippen molar-refractivity contribution in [2.24, 2.45) is 0 Å². The van der Waals surface area contributed by atoms with Gasteiger partial charge < -0.3 is 5.73 Å². The monoisotopic (exact) mass is 251 g/mol. The van der Waals surface area contributed by atoms with E-state index in [1.165, 1.54) is 15.0 Å². The molecule has 3 aromatic rings. The van der Waals surface area contributed by atoms with Gasteiger partial charge in [-0.1, -0.05) is 18.2 Å². The highest BCUT2D eigenvalue weighted by Crippen LogP contribution is 2.32. The van der Waals surface area contributed by atoms with Gasteiger partial charge in [-0.15, -0.1) is 23.7 Å². The number of rotatable bonds is 1. The molecule has 2 aromatic heterocycles. The minimum Gasteiger partial charge on any atom is -0.382 e. The van der Waals surface area contributed by atoms with Gasteiger partial charge in [0.2, 0.25) is 0 Å². The fourth-order valence-corrected chi connectivity index (χ4v) is 2.61. The van der Waals surface area contributed by atoms with Crippen molar-refractivity contribution in [1.82, 2.24) is 10.2 Å². The Bertz CT molecular complexity index is 581. The number of fused-ring (bicyclic) bond motifs is 1. The number of benzene rings is 1. The van der Waals surface area contributed by atoms with Crippen LogP contribution in [0.15, 0.2) is 36.4 Å². The lowest BCUT2D eigenvalue weighted by atomic mass is 10.2. The number of hydrogen-bond acceptors (Lipinski definition) is 3. The molecule has 5 heteroatoms. The quantitative estimate of drug-likeness (QED) is 0.697. The normalized spacial score (nSPS) is 10.2. The second-order valence-corrected chi connectivity index (χ2v) is 4.44. The number of aromatic amines is 1. The van der Waals surface area contributed by atoms with Gasteiger partial charge in [0.05, 0.1) is 10.6 Å². The number of nitrogens with zero attached hydrogens (tertiary/aromatic N) is 1. The molecule has 0 aliphatic rings. The van der Waals surface area contributed by atoms with E-state index in [1.807, 2.05) is 18.2 Å². The smallest absolute Gasteiger partial charge is 0.145 e. The number of nitrogens with one attached hydrogen (secondary N) is 1. The molecule has 0 aliphatic carbocycles. The van der Waals surface area contributed by atoms with Gasteiger partial charge in [-0.05, 0) is 17.5 Å². The van der Waals surface area contributed by atoms with Crippen LogP contribution in [-0.4, -0.2) is 10.2 Å². The van der Waals surface area contributed by atoms with E-state index in [0.29, 0.717) is 5.82 Å². The minimum absolute atomic E-state index is 0. The summed E-state index contributed by atoms with van der Waals surface area (Å²) in [5.74, 6) is 0.530. The maximum Gasteiger partial charge on any atom is 0.145 e. The predicted octanol–water partition coefficient (Wildman–Crippen LogP) is 3.30. The number of aromatic nitrogens is 2. The fraction of sp³-hybridized carbons (Fsp3) is 0. The molecule has 0 atom stereocenters. The molecule has 0 fully saturated rings. The molecule has 1 aromatic carbocycles. The van der Waals surface area contributed by atoms with Crippen molar-refractivity contribution < 1.29 is 0 Å². The van der Waals surface area contributed by atoms with Crippen LogP contribution < -0.4 is 5.73 Å². The average molecular weight is 252 g/mol.